The summed E-state index contributed by atoms with van der Waals surface area (Å²) in [5.74, 6) is 0.288. The van der Waals surface area contributed by atoms with Gasteiger partial charge >= 0.3 is 6.18 Å². The zero-order chi connectivity index (χ0) is 18.6. The highest BCUT2D eigenvalue weighted by atomic mass is 32.2. The molecule has 0 saturated carbocycles. The Morgan fingerprint density at radius 2 is 1.85 bits per heavy atom. The molecule has 9 heteroatoms. The Kier molecular flexibility index (Phi) is 5.27. The summed E-state index contributed by atoms with van der Waals surface area (Å²) in [6.07, 6.45) is -2.87. The summed E-state index contributed by atoms with van der Waals surface area (Å²) in [5.41, 5.74) is 0.105. The van der Waals surface area contributed by atoms with Crippen LogP contribution in [-0.2, 0) is 11.0 Å². The van der Waals surface area contributed by atoms with Crippen molar-refractivity contribution in [2.75, 3.05) is 11.1 Å². The number of benzene rings is 1. The molecule has 0 aliphatic rings. The topological polar surface area (TPSA) is 68.0 Å². The molecular weight excluding hydrogens is 367 g/mol. The highest BCUT2D eigenvalue weighted by Gasteiger charge is 2.29. The SMILES string of the molecule is O=C(CSc1ccc(-c2ccco2)nn1)Nc1ccc(C(F)(F)F)cc1. The molecule has 5 nitrogen and oxygen atoms in total. The standard InChI is InChI=1S/C17H12F3N3O2S/c18-17(19,20)11-3-5-12(6-4-11)21-15(24)10-26-16-8-7-13(22-23-16)14-2-1-9-25-14/h1-9H,10H2,(H,21,24). The first-order chi connectivity index (χ1) is 12.4. The predicted octanol–water partition coefficient (Wildman–Crippen LogP) is 4.49. The van der Waals surface area contributed by atoms with E-state index in [9.17, 15) is 18.0 Å². The molecule has 0 fully saturated rings. The van der Waals surface area contributed by atoms with Crippen molar-refractivity contribution in [2.24, 2.45) is 0 Å². The second kappa shape index (κ2) is 7.61. The number of hydrogen-bond acceptors (Lipinski definition) is 5. The molecule has 134 valence electrons. The lowest BCUT2D eigenvalue weighted by Gasteiger charge is -2.08. The van der Waals surface area contributed by atoms with Crippen molar-refractivity contribution in [3.05, 3.63) is 60.4 Å². The van der Waals surface area contributed by atoms with E-state index in [0.717, 1.165) is 23.9 Å². The highest BCUT2D eigenvalue weighted by molar-refractivity contribution is 7.99. The van der Waals surface area contributed by atoms with Gasteiger partial charge in [-0.15, -0.1) is 10.2 Å². The second-order valence-corrected chi connectivity index (χ2v) is 6.14. The first-order valence-electron chi connectivity index (χ1n) is 7.39. The summed E-state index contributed by atoms with van der Waals surface area (Å²) in [5, 5.41) is 11.1. The van der Waals surface area contributed by atoms with Crippen LogP contribution in [0.5, 0.6) is 0 Å². The monoisotopic (exact) mass is 379 g/mol. The van der Waals surface area contributed by atoms with Crippen LogP contribution in [0.1, 0.15) is 5.56 Å². The number of rotatable bonds is 5. The molecule has 0 atom stereocenters. The van der Waals surface area contributed by atoms with Crippen LogP contribution in [0.25, 0.3) is 11.5 Å². The van der Waals surface area contributed by atoms with E-state index in [1.165, 1.54) is 18.4 Å². The van der Waals surface area contributed by atoms with Crippen LogP contribution in [0.3, 0.4) is 0 Å². The van der Waals surface area contributed by atoms with Crippen LogP contribution in [0, 0.1) is 0 Å². The summed E-state index contributed by atoms with van der Waals surface area (Å²) >= 11 is 1.16. The maximum absolute atomic E-state index is 12.5. The van der Waals surface area contributed by atoms with Crippen molar-refractivity contribution >= 4 is 23.4 Å². The van der Waals surface area contributed by atoms with E-state index in [1.54, 1.807) is 24.3 Å². The van der Waals surface area contributed by atoms with Gasteiger partial charge in [0, 0.05) is 5.69 Å². The van der Waals surface area contributed by atoms with Crippen LogP contribution < -0.4 is 5.32 Å². The Balaban J connectivity index is 1.52. The largest absolute Gasteiger partial charge is 0.463 e. The molecule has 0 aliphatic heterocycles. The fraction of sp³-hybridized carbons (Fsp3) is 0.118. The molecule has 0 spiro atoms. The van der Waals surface area contributed by atoms with Crippen LogP contribution in [0.4, 0.5) is 18.9 Å². The third-order valence-electron chi connectivity index (χ3n) is 3.26. The zero-order valence-corrected chi connectivity index (χ0v) is 14.0. The number of nitrogens with one attached hydrogen (secondary N) is 1. The average molecular weight is 379 g/mol. The molecule has 0 radical (unpaired) electrons. The molecule has 0 saturated heterocycles. The first kappa shape index (κ1) is 18.0. The van der Waals surface area contributed by atoms with E-state index in [0.29, 0.717) is 22.2 Å². The molecule has 0 unspecified atom stereocenters. The fourth-order valence-electron chi connectivity index (χ4n) is 2.03. The van der Waals surface area contributed by atoms with Crippen molar-refractivity contribution in [2.45, 2.75) is 11.2 Å². The van der Waals surface area contributed by atoms with Crippen molar-refractivity contribution < 1.29 is 22.4 Å². The Morgan fingerprint density at radius 3 is 2.42 bits per heavy atom. The molecule has 1 aromatic carbocycles. The van der Waals surface area contributed by atoms with Crippen molar-refractivity contribution in [3.8, 4) is 11.5 Å². The first-order valence-corrected chi connectivity index (χ1v) is 8.38. The lowest BCUT2D eigenvalue weighted by Crippen LogP contribution is -2.14. The van der Waals surface area contributed by atoms with Crippen molar-refractivity contribution in [1.82, 2.24) is 10.2 Å². The Morgan fingerprint density at radius 1 is 1.08 bits per heavy atom. The summed E-state index contributed by atoms with van der Waals surface area (Å²) < 4.78 is 42.7. The maximum Gasteiger partial charge on any atom is 0.416 e. The van der Waals surface area contributed by atoms with Crippen LogP contribution in [0.2, 0.25) is 0 Å². The lowest BCUT2D eigenvalue weighted by atomic mass is 10.2. The number of carbonyl (C=O) groups is 1. The summed E-state index contributed by atoms with van der Waals surface area (Å²) in [7, 11) is 0. The van der Waals surface area contributed by atoms with Gasteiger partial charge in [-0.3, -0.25) is 4.79 Å². The minimum absolute atomic E-state index is 0.0514. The number of furan rings is 1. The molecule has 3 aromatic rings. The van der Waals surface area contributed by atoms with E-state index in [1.807, 2.05) is 0 Å². The fourth-order valence-corrected chi connectivity index (χ4v) is 2.65. The maximum atomic E-state index is 12.5. The van der Waals surface area contributed by atoms with Gasteiger partial charge in [0.15, 0.2) is 5.76 Å². The van der Waals surface area contributed by atoms with Crippen molar-refractivity contribution in [3.63, 3.8) is 0 Å². The lowest BCUT2D eigenvalue weighted by molar-refractivity contribution is -0.137. The van der Waals surface area contributed by atoms with Crippen LogP contribution >= 0.6 is 11.8 Å². The number of alkyl halides is 3. The zero-order valence-electron chi connectivity index (χ0n) is 13.2. The van der Waals surface area contributed by atoms with E-state index in [-0.39, 0.29) is 11.7 Å². The third-order valence-corrected chi connectivity index (χ3v) is 4.18. The van der Waals surface area contributed by atoms with Gasteiger partial charge in [-0.25, -0.2) is 0 Å². The summed E-state index contributed by atoms with van der Waals surface area (Å²) in [4.78, 5) is 11.9. The Bertz CT molecular complexity index is 864. The minimum Gasteiger partial charge on any atom is -0.463 e. The molecule has 26 heavy (non-hydrogen) atoms. The molecule has 1 amide bonds. The van der Waals surface area contributed by atoms with Gasteiger partial charge in [0.1, 0.15) is 10.7 Å². The minimum atomic E-state index is -4.40. The van der Waals surface area contributed by atoms with E-state index < -0.39 is 11.7 Å². The number of carbonyl (C=O) groups excluding carboxylic acids is 1. The number of nitrogens with zero attached hydrogens (tertiary/aromatic N) is 2. The molecule has 0 aliphatic carbocycles. The number of aromatic nitrogens is 2. The normalized spacial score (nSPS) is 11.3. The molecule has 2 heterocycles. The Labute approximate surface area is 150 Å². The molecule has 2 aromatic heterocycles. The van der Waals surface area contributed by atoms with E-state index in [2.05, 4.69) is 15.5 Å². The number of hydrogen-bond donors (Lipinski definition) is 1. The predicted molar refractivity (Wildman–Crippen MR) is 90.5 cm³/mol. The quantitative estimate of drug-likeness (QED) is 0.662. The van der Waals surface area contributed by atoms with E-state index in [4.69, 9.17) is 4.42 Å². The third kappa shape index (κ3) is 4.63. The van der Waals surface area contributed by atoms with Gasteiger partial charge < -0.3 is 9.73 Å². The van der Waals surface area contributed by atoms with Gasteiger partial charge in [0.25, 0.3) is 0 Å². The van der Waals surface area contributed by atoms with Gasteiger partial charge in [0.05, 0.1) is 17.6 Å². The van der Waals surface area contributed by atoms with Gasteiger partial charge in [-0.05, 0) is 48.5 Å². The smallest absolute Gasteiger partial charge is 0.416 e. The highest BCUT2D eigenvalue weighted by Crippen LogP contribution is 2.29. The summed E-state index contributed by atoms with van der Waals surface area (Å²) in [6, 6.07) is 11.2. The average Bonchev–Trinajstić information content (AvgIpc) is 3.15. The van der Waals surface area contributed by atoms with Gasteiger partial charge in [-0.2, -0.15) is 13.2 Å². The number of amides is 1. The van der Waals surface area contributed by atoms with Crippen LogP contribution in [0.15, 0.2) is 64.2 Å². The molecule has 3 rings (SSSR count). The van der Waals surface area contributed by atoms with E-state index >= 15 is 0 Å². The van der Waals surface area contributed by atoms with Gasteiger partial charge in [-0.1, -0.05) is 11.8 Å². The summed E-state index contributed by atoms with van der Waals surface area (Å²) in [6.45, 7) is 0. The Hall–Kier alpha value is -2.81. The molecule has 1 N–H and O–H groups in total. The number of thioether (sulfide) groups is 1. The molecular formula is C17H12F3N3O2S. The second-order valence-electron chi connectivity index (χ2n) is 5.15. The van der Waals surface area contributed by atoms with Crippen molar-refractivity contribution in [1.29, 1.82) is 0 Å². The molecule has 0 bridgehead atoms. The van der Waals surface area contributed by atoms with Crippen LogP contribution in [-0.4, -0.2) is 21.9 Å². The number of halogens is 3. The number of anilines is 1. The van der Waals surface area contributed by atoms with Gasteiger partial charge in [0.2, 0.25) is 5.91 Å².